The SMILES string of the molecule is O=C(O)CN(CCNN1C(=O)c2ccccc2C1=O)C(=O)OCc1ccccc1. The lowest BCUT2D eigenvalue weighted by atomic mass is 10.1. The number of nitrogens with one attached hydrogen (secondary N) is 1. The molecule has 1 aliphatic rings. The topological polar surface area (TPSA) is 116 Å². The fourth-order valence-corrected chi connectivity index (χ4v) is 2.84. The van der Waals surface area contributed by atoms with Crippen molar-refractivity contribution in [1.82, 2.24) is 15.3 Å². The molecule has 1 heterocycles. The van der Waals surface area contributed by atoms with Crippen molar-refractivity contribution in [3.8, 4) is 0 Å². The van der Waals surface area contributed by atoms with Gasteiger partial charge in [-0.15, -0.1) is 0 Å². The zero-order valence-corrected chi connectivity index (χ0v) is 15.4. The number of hydrogen-bond acceptors (Lipinski definition) is 6. The molecule has 2 N–H and O–H groups in total. The van der Waals surface area contributed by atoms with Crippen LogP contribution in [0.4, 0.5) is 4.79 Å². The molecular formula is C20H19N3O6. The van der Waals surface area contributed by atoms with Gasteiger partial charge in [-0.2, -0.15) is 0 Å². The molecule has 0 unspecified atom stereocenters. The largest absolute Gasteiger partial charge is 0.480 e. The summed E-state index contributed by atoms with van der Waals surface area (Å²) in [4.78, 5) is 48.9. The summed E-state index contributed by atoms with van der Waals surface area (Å²) in [6.45, 7) is -0.661. The summed E-state index contributed by atoms with van der Waals surface area (Å²) in [7, 11) is 0. The van der Waals surface area contributed by atoms with Gasteiger partial charge < -0.3 is 9.84 Å². The van der Waals surface area contributed by atoms with E-state index in [0.29, 0.717) is 0 Å². The number of carbonyl (C=O) groups is 4. The third-order valence-corrected chi connectivity index (χ3v) is 4.24. The second kappa shape index (κ2) is 8.98. The van der Waals surface area contributed by atoms with Gasteiger partial charge in [0.2, 0.25) is 0 Å². The molecule has 3 rings (SSSR count). The van der Waals surface area contributed by atoms with Gasteiger partial charge >= 0.3 is 12.1 Å². The Labute approximate surface area is 166 Å². The molecule has 0 aliphatic carbocycles. The monoisotopic (exact) mass is 397 g/mol. The van der Waals surface area contributed by atoms with Gasteiger partial charge in [0, 0.05) is 13.1 Å². The van der Waals surface area contributed by atoms with Crippen molar-refractivity contribution in [2.24, 2.45) is 0 Å². The van der Waals surface area contributed by atoms with Crippen LogP contribution in [0.1, 0.15) is 26.3 Å². The van der Waals surface area contributed by atoms with Crippen LogP contribution in [0.15, 0.2) is 54.6 Å². The number of benzene rings is 2. The Morgan fingerprint density at radius 3 is 2.14 bits per heavy atom. The number of carboxylic acid groups (broad SMARTS) is 1. The van der Waals surface area contributed by atoms with Gasteiger partial charge in [-0.05, 0) is 17.7 Å². The predicted molar refractivity (Wildman–Crippen MR) is 101 cm³/mol. The average Bonchev–Trinajstić information content (AvgIpc) is 2.97. The van der Waals surface area contributed by atoms with E-state index >= 15 is 0 Å². The Morgan fingerprint density at radius 1 is 0.966 bits per heavy atom. The molecule has 1 aliphatic heterocycles. The molecule has 0 saturated heterocycles. The number of carboxylic acids is 1. The highest BCUT2D eigenvalue weighted by Crippen LogP contribution is 2.20. The second-order valence-corrected chi connectivity index (χ2v) is 6.25. The van der Waals surface area contributed by atoms with Crippen LogP contribution in [0.25, 0.3) is 0 Å². The first kappa shape index (κ1) is 20.0. The van der Waals surface area contributed by atoms with E-state index in [4.69, 9.17) is 9.84 Å². The van der Waals surface area contributed by atoms with Crippen molar-refractivity contribution >= 4 is 23.9 Å². The van der Waals surface area contributed by atoms with E-state index in [9.17, 15) is 19.2 Å². The van der Waals surface area contributed by atoms with Crippen LogP contribution in [-0.4, -0.2) is 58.5 Å². The number of aliphatic carboxylic acids is 1. The standard InChI is InChI=1S/C20H19N3O6/c24-17(25)12-22(20(28)29-13-14-6-2-1-3-7-14)11-10-21-23-18(26)15-8-4-5-9-16(15)19(23)27/h1-9,21H,10-13H2,(H,24,25). The molecule has 0 fully saturated rings. The number of hydrogen-bond donors (Lipinski definition) is 2. The number of rotatable bonds is 8. The molecule has 0 spiro atoms. The molecule has 0 radical (unpaired) electrons. The third-order valence-electron chi connectivity index (χ3n) is 4.24. The summed E-state index contributed by atoms with van der Waals surface area (Å²) in [5, 5.41) is 9.90. The molecule has 2 aromatic carbocycles. The maximum absolute atomic E-state index is 12.3. The average molecular weight is 397 g/mol. The maximum atomic E-state index is 12.3. The summed E-state index contributed by atoms with van der Waals surface area (Å²) in [6, 6.07) is 15.4. The lowest BCUT2D eigenvalue weighted by Gasteiger charge is -2.22. The van der Waals surface area contributed by atoms with Gasteiger partial charge in [0.05, 0.1) is 11.1 Å². The molecular weight excluding hydrogens is 378 g/mol. The highest BCUT2D eigenvalue weighted by Gasteiger charge is 2.35. The highest BCUT2D eigenvalue weighted by molar-refractivity contribution is 6.20. The van der Waals surface area contributed by atoms with Crippen LogP contribution in [0, 0.1) is 0 Å². The highest BCUT2D eigenvalue weighted by atomic mass is 16.6. The lowest BCUT2D eigenvalue weighted by molar-refractivity contribution is -0.138. The number of hydrazine groups is 1. The quantitative estimate of drug-likeness (QED) is 0.649. The van der Waals surface area contributed by atoms with Gasteiger partial charge in [-0.3, -0.25) is 19.3 Å². The molecule has 3 amide bonds. The van der Waals surface area contributed by atoms with E-state index in [1.807, 2.05) is 6.07 Å². The Bertz CT molecular complexity index is 896. The number of imide groups is 1. The lowest BCUT2D eigenvalue weighted by Crippen LogP contribution is -2.47. The van der Waals surface area contributed by atoms with E-state index in [1.165, 1.54) is 0 Å². The first-order valence-corrected chi connectivity index (χ1v) is 8.86. The van der Waals surface area contributed by atoms with Gasteiger partial charge in [0.15, 0.2) is 0 Å². The van der Waals surface area contributed by atoms with Gasteiger partial charge in [0.1, 0.15) is 13.2 Å². The Morgan fingerprint density at radius 2 is 1.55 bits per heavy atom. The van der Waals surface area contributed by atoms with Crippen LogP contribution >= 0.6 is 0 Å². The Balaban J connectivity index is 1.55. The summed E-state index contributed by atoms with van der Waals surface area (Å²) in [5.41, 5.74) is 3.99. The Kier molecular flexibility index (Phi) is 6.20. The molecule has 0 saturated carbocycles. The maximum Gasteiger partial charge on any atom is 0.410 e. The van der Waals surface area contributed by atoms with E-state index in [0.717, 1.165) is 15.5 Å². The molecule has 150 valence electrons. The molecule has 0 aromatic heterocycles. The first-order valence-electron chi connectivity index (χ1n) is 8.86. The molecule has 9 nitrogen and oxygen atoms in total. The van der Waals surface area contributed by atoms with Crippen molar-refractivity contribution in [2.75, 3.05) is 19.6 Å². The third kappa shape index (κ3) is 4.77. The van der Waals surface area contributed by atoms with Crippen LogP contribution < -0.4 is 5.43 Å². The fourth-order valence-electron chi connectivity index (χ4n) is 2.84. The predicted octanol–water partition coefficient (Wildman–Crippen LogP) is 1.51. The second-order valence-electron chi connectivity index (χ2n) is 6.25. The smallest absolute Gasteiger partial charge is 0.410 e. The minimum atomic E-state index is -1.21. The van der Waals surface area contributed by atoms with Crippen molar-refractivity contribution in [1.29, 1.82) is 0 Å². The molecule has 29 heavy (non-hydrogen) atoms. The van der Waals surface area contributed by atoms with Crippen LogP contribution in [0.3, 0.4) is 0 Å². The zero-order chi connectivity index (χ0) is 20.8. The van der Waals surface area contributed by atoms with Gasteiger partial charge in [-0.25, -0.2) is 15.2 Å². The molecule has 0 atom stereocenters. The van der Waals surface area contributed by atoms with E-state index in [1.54, 1.807) is 48.5 Å². The fraction of sp³-hybridized carbons (Fsp3) is 0.200. The molecule has 2 aromatic rings. The minimum absolute atomic E-state index is 0.00161. The number of carbonyl (C=O) groups excluding carboxylic acids is 3. The van der Waals surface area contributed by atoms with Crippen molar-refractivity contribution in [2.45, 2.75) is 6.61 Å². The van der Waals surface area contributed by atoms with Crippen LogP contribution in [-0.2, 0) is 16.1 Å². The summed E-state index contributed by atoms with van der Waals surface area (Å²) < 4.78 is 5.15. The first-order chi connectivity index (χ1) is 14.0. The van der Waals surface area contributed by atoms with Crippen molar-refractivity contribution in [3.63, 3.8) is 0 Å². The van der Waals surface area contributed by atoms with Gasteiger partial charge in [-0.1, -0.05) is 42.5 Å². The summed E-state index contributed by atoms with van der Waals surface area (Å²) in [5.74, 6) is -2.20. The van der Waals surface area contributed by atoms with E-state index in [2.05, 4.69) is 5.43 Å². The number of ether oxygens (including phenoxy) is 1. The molecule has 9 heteroatoms. The Hall–Kier alpha value is -3.72. The minimum Gasteiger partial charge on any atom is -0.480 e. The van der Waals surface area contributed by atoms with E-state index < -0.39 is 30.4 Å². The number of fused-ring (bicyclic) bond motifs is 1. The number of amides is 3. The molecule has 0 bridgehead atoms. The zero-order valence-electron chi connectivity index (χ0n) is 15.4. The van der Waals surface area contributed by atoms with Crippen LogP contribution in [0.2, 0.25) is 0 Å². The van der Waals surface area contributed by atoms with Crippen molar-refractivity contribution in [3.05, 3.63) is 71.3 Å². The number of nitrogens with zero attached hydrogens (tertiary/aromatic N) is 2. The normalized spacial score (nSPS) is 12.6. The summed E-state index contributed by atoms with van der Waals surface area (Å²) >= 11 is 0. The van der Waals surface area contributed by atoms with Crippen molar-refractivity contribution < 1.29 is 29.0 Å². The van der Waals surface area contributed by atoms with E-state index in [-0.39, 0.29) is 30.8 Å². The summed E-state index contributed by atoms with van der Waals surface area (Å²) in [6.07, 6.45) is -0.805. The van der Waals surface area contributed by atoms with Gasteiger partial charge in [0.25, 0.3) is 11.8 Å². The van der Waals surface area contributed by atoms with Crippen LogP contribution in [0.5, 0.6) is 0 Å².